The molecule has 1 saturated heterocycles. The van der Waals surface area contributed by atoms with Crippen LogP contribution in [0.1, 0.15) is 24.9 Å². The first kappa shape index (κ1) is 13.1. The van der Waals surface area contributed by atoms with Crippen LogP contribution in [-0.4, -0.2) is 25.0 Å². The van der Waals surface area contributed by atoms with Gasteiger partial charge in [0.1, 0.15) is 6.04 Å². The molecule has 3 unspecified atom stereocenters. The monoisotopic (exact) mass is 247 g/mol. The number of rotatable bonds is 3. The Morgan fingerprint density at radius 1 is 1.44 bits per heavy atom. The average Bonchev–Trinajstić information content (AvgIpc) is 2.41. The molecular formula is C14H21N3O. The quantitative estimate of drug-likeness (QED) is 0.740. The Bertz CT molecular complexity index is 393. The van der Waals surface area contributed by atoms with Crippen molar-refractivity contribution in [3.8, 4) is 0 Å². The van der Waals surface area contributed by atoms with Crippen molar-refractivity contribution in [2.24, 2.45) is 11.7 Å². The molecular weight excluding hydrogens is 226 g/mol. The minimum absolute atomic E-state index is 0.0956. The lowest BCUT2D eigenvalue weighted by molar-refractivity contribution is -0.123. The molecule has 0 saturated carbocycles. The molecule has 1 heterocycles. The van der Waals surface area contributed by atoms with Gasteiger partial charge < -0.3 is 16.4 Å². The minimum atomic E-state index is -0.583. The number of carbonyl (C=O) groups is 1. The molecule has 0 radical (unpaired) electrons. The molecule has 1 aliphatic heterocycles. The number of benzene rings is 1. The molecule has 1 aromatic rings. The van der Waals surface area contributed by atoms with Crippen LogP contribution in [0.4, 0.5) is 0 Å². The van der Waals surface area contributed by atoms with Crippen molar-refractivity contribution in [1.82, 2.24) is 10.6 Å². The molecule has 3 atom stereocenters. The van der Waals surface area contributed by atoms with Crippen LogP contribution < -0.4 is 16.4 Å². The van der Waals surface area contributed by atoms with Gasteiger partial charge in [-0.3, -0.25) is 4.79 Å². The van der Waals surface area contributed by atoms with E-state index in [2.05, 4.69) is 17.6 Å². The van der Waals surface area contributed by atoms with E-state index in [-0.39, 0.29) is 11.9 Å². The average molecular weight is 247 g/mol. The molecule has 98 valence electrons. The fourth-order valence-electron chi connectivity index (χ4n) is 2.27. The maximum Gasteiger partial charge on any atom is 0.241 e. The highest BCUT2D eigenvalue weighted by atomic mass is 16.2. The zero-order valence-electron chi connectivity index (χ0n) is 10.7. The standard InChI is InChI=1S/C14H21N3O/c1-10-7-8-16-9-12(10)17-14(18)13(15)11-5-3-2-4-6-11/h2-6,10,12-13,16H,7-9,15H2,1H3,(H,17,18). The maximum atomic E-state index is 12.1. The van der Waals surface area contributed by atoms with Crippen molar-refractivity contribution in [3.05, 3.63) is 35.9 Å². The second-order valence-corrected chi connectivity index (χ2v) is 4.97. The van der Waals surface area contributed by atoms with Crippen molar-refractivity contribution >= 4 is 5.91 Å². The lowest BCUT2D eigenvalue weighted by atomic mass is 9.94. The van der Waals surface area contributed by atoms with Crippen molar-refractivity contribution in [2.75, 3.05) is 13.1 Å². The third-order valence-electron chi connectivity index (χ3n) is 3.60. The van der Waals surface area contributed by atoms with Crippen LogP contribution in [-0.2, 0) is 4.79 Å². The molecule has 0 aliphatic carbocycles. The third kappa shape index (κ3) is 3.09. The van der Waals surface area contributed by atoms with Gasteiger partial charge >= 0.3 is 0 Å². The van der Waals surface area contributed by atoms with Gasteiger partial charge in [-0.05, 0) is 24.4 Å². The van der Waals surface area contributed by atoms with E-state index in [1.54, 1.807) is 0 Å². The summed E-state index contributed by atoms with van der Waals surface area (Å²) in [5.41, 5.74) is 6.82. The number of amides is 1. The zero-order chi connectivity index (χ0) is 13.0. The van der Waals surface area contributed by atoms with Crippen LogP contribution in [0.2, 0.25) is 0 Å². The summed E-state index contributed by atoms with van der Waals surface area (Å²) in [4.78, 5) is 12.1. The van der Waals surface area contributed by atoms with Gasteiger partial charge in [0.25, 0.3) is 0 Å². The molecule has 4 heteroatoms. The molecule has 0 bridgehead atoms. The first-order valence-corrected chi connectivity index (χ1v) is 6.50. The van der Waals surface area contributed by atoms with E-state index in [9.17, 15) is 4.79 Å². The minimum Gasteiger partial charge on any atom is -0.350 e. The summed E-state index contributed by atoms with van der Waals surface area (Å²) in [6.07, 6.45) is 1.09. The number of hydrogen-bond donors (Lipinski definition) is 3. The molecule has 1 aliphatic rings. The van der Waals surface area contributed by atoms with E-state index in [1.165, 1.54) is 0 Å². The molecule has 1 amide bonds. The number of carbonyl (C=O) groups excluding carboxylic acids is 1. The highest BCUT2D eigenvalue weighted by Crippen LogP contribution is 2.14. The van der Waals surface area contributed by atoms with Gasteiger partial charge in [-0.1, -0.05) is 37.3 Å². The molecule has 4 nitrogen and oxygen atoms in total. The summed E-state index contributed by atoms with van der Waals surface area (Å²) >= 11 is 0. The Morgan fingerprint density at radius 3 is 2.83 bits per heavy atom. The Hall–Kier alpha value is -1.39. The predicted octanol–water partition coefficient (Wildman–Crippen LogP) is 0.801. The molecule has 1 fully saturated rings. The second kappa shape index (κ2) is 5.98. The van der Waals surface area contributed by atoms with Gasteiger partial charge in [-0.15, -0.1) is 0 Å². The van der Waals surface area contributed by atoms with Crippen molar-refractivity contribution < 1.29 is 4.79 Å². The summed E-state index contributed by atoms with van der Waals surface area (Å²) < 4.78 is 0. The highest BCUT2D eigenvalue weighted by molar-refractivity contribution is 5.83. The highest BCUT2D eigenvalue weighted by Gasteiger charge is 2.25. The van der Waals surface area contributed by atoms with Gasteiger partial charge in [0.05, 0.1) is 0 Å². The van der Waals surface area contributed by atoms with Crippen LogP contribution in [0.5, 0.6) is 0 Å². The van der Waals surface area contributed by atoms with Crippen molar-refractivity contribution in [2.45, 2.75) is 25.4 Å². The zero-order valence-corrected chi connectivity index (χ0v) is 10.7. The van der Waals surface area contributed by atoms with Gasteiger partial charge in [0, 0.05) is 12.6 Å². The Morgan fingerprint density at radius 2 is 2.17 bits per heavy atom. The van der Waals surface area contributed by atoms with E-state index >= 15 is 0 Å². The summed E-state index contributed by atoms with van der Waals surface area (Å²) in [6, 6.07) is 9.07. The first-order chi connectivity index (χ1) is 8.68. The first-order valence-electron chi connectivity index (χ1n) is 6.50. The summed E-state index contributed by atoms with van der Waals surface area (Å²) in [7, 11) is 0. The topological polar surface area (TPSA) is 67.1 Å². The predicted molar refractivity (Wildman–Crippen MR) is 72.0 cm³/mol. The van der Waals surface area contributed by atoms with E-state index in [0.717, 1.165) is 25.1 Å². The van der Waals surface area contributed by atoms with E-state index in [1.807, 2.05) is 30.3 Å². The van der Waals surface area contributed by atoms with Crippen LogP contribution in [0.15, 0.2) is 30.3 Å². The van der Waals surface area contributed by atoms with Gasteiger partial charge in [-0.2, -0.15) is 0 Å². The number of hydrogen-bond acceptors (Lipinski definition) is 3. The Kier molecular flexibility index (Phi) is 4.33. The smallest absolute Gasteiger partial charge is 0.241 e. The maximum absolute atomic E-state index is 12.1. The van der Waals surface area contributed by atoms with Crippen LogP contribution >= 0.6 is 0 Å². The van der Waals surface area contributed by atoms with E-state index < -0.39 is 6.04 Å². The molecule has 0 aromatic heterocycles. The Labute approximate surface area is 108 Å². The Balaban J connectivity index is 1.95. The van der Waals surface area contributed by atoms with Crippen LogP contribution in [0.3, 0.4) is 0 Å². The van der Waals surface area contributed by atoms with E-state index in [4.69, 9.17) is 5.73 Å². The largest absolute Gasteiger partial charge is 0.350 e. The van der Waals surface area contributed by atoms with Crippen molar-refractivity contribution in [1.29, 1.82) is 0 Å². The number of nitrogens with one attached hydrogen (secondary N) is 2. The summed E-state index contributed by atoms with van der Waals surface area (Å²) in [5.74, 6) is 0.403. The van der Waals surface area contributed by atoms with Gasteiger partial charge in [0.15, 0.2) is 0 Å². The number of nitrogens with two attached hydrogens (primary N) is 1. The second-order valence-electron chi connectivity index (χ2n) is 4.97. The molecule has 18 heavy (non-hydrogen) atoms. The molecule has 2 rings (SSSR count). The fourth-order valence-corrected chi connectivity index (χ4v) is 2.27. The number of piperidine rings is 1. The lowest BCUT2D eigenvalue weighted by Crippen LogP contribution is -2.52. The SMILES string of the molecule is CC1CCNCC1NC(=O)C(N)c1ccccc1. The third-order valence-corrected chi connectivity index (χ3v) is 3.60. The normalized spacial score (nSPS) is 25.4. The molecule has 4 N–H and O–H groups in total. The lowest BCUT2D eigenvalue weighted by Gasteiger charge is -2.31. The van der Waals surface area contributed by atoms with Gasteiger partial charge in [-0.25, -0.2) is 0 Å². The van der Waals surface area contributed by atoms with Crippen LogP contribution in [0, 0.1) is 5.92 Å². The van der Waals surface area contributed by atoms with Gasteiger partial charge in [0.2, 0.25) is 5.91 Å². The summed E-state index contributed by atoms with van der Waals surface area (Å²) in [5, 5.41) is 6.33. The molecule has 0 spiro atoms. The van der Waals surface area contributed by atoms with Crippen molar-refractivity contribution in [3.63, 3.8) is 0 Å². The molecule has 1 aromatic carbocycles. The van der Waals surface area contributed by atoms with Crippen LogP contribution in [0.25, 0.3) is 0 Å². The van der Waals surface area contributed by atoms with E-state index in [0.29, 0.717) is 5.92 Å². The summed E-state index contributed by atoms with van der Waals surface area (Å²) in [6.45, 7) is 4.02. The fraction of sp³-hybridized carbons (Fsp3) is 0.500.